The van der Waals surface area contributed by atoms with Crippen LogP contribution in [0.15, 0.2) is 30.6 Å². The summed E-state index contributed by atoms with van der Waals surface area (Å²) >= 11 is 0. The summed E-state index contributed by atoms with van der Waals surface area (Å²) < 4.78 is 37.4. The fraction of sp³-hybridized carbons (Fsp3) is 0.111. The zero-order valence-electron chi connectivity index (χ0n) is 6.92. The molecule has 0 aliphatic rings. The van der Waals surface area contributed by atoms with Crippen LogP contribution >= 0.6 is 0 Å². The van der Waals surface area contributed by atoms with Gasteiger partial charge in [0.1, 0.15) is 0 Å². The van der Waals surface area contributed by atoms with Gasteiger partial charge in [0.05, 0.1) is 18.0 Å². The number of alkyl halides is 3. The molecule has 0 spiro atoms. The van der Waals surface area contributed by atoms with Gasteiger partial charge in [0.2, 0.25) is 0 Å². The molecule has 0 saturated heterocycles. The van der Waals surface area contributed by atoms with Gasteiger partial charge in [-0.05, 0) is 6.07 Å². The monoisotopic (exact) mass is 198 g/mol. The molecular weight excluding hydrogens is 193 g/mol. The maximum Gasteiger partial charge on any atom is 0.417 e. The molecule has 0 fully saturated rings. The van der Waals surface area contributed by atoms with Crippen molar-refractivity contribution in [2.45, 2.75) is 6.18 Å². The molecule has 72 valence electrons. The number of aromatic nitrogens is 2. The van der Waals surface area contributed by atoms with Crippen molar-refractivity contribution in [3.8, 4) is 0 Å². The topological polar surface area (TPSA) is 25.8 Å². The molecule has 1 aromatic heterocycles. The lowest BCUT2D eigenvalue weighted by Gasteiger charge is -2.08. The molecule has 2 nitrogen and oxygen atoms in total. The zero-order valence-corrected chi connectivity index (χ0v) is 6.92. The van der Waals surface area contributed by atoms with Crippen LogP contribution in [0.5, 0.6) is 0 Å². The minimum absolute atomic E-state index is 0.0787. The second-order valence-electron chi connectivity index (χ2n) is 2.80. The summed E-state index contributed by atoms with van der Waals surface area (Å²) in [6.07, 6.45) is -1.91. The fourth-order valence-electron chi connectivity index (χ4n) is 1.27. The summed E-state index contributed by atoms with van der Waals surface area (Å²) in [6.45, 7) is 0. The van der Waals surface area contributed by atoms with E-state index in [0.717, 1.165) is 12.3 Å². The van der Waals surface area contributed by atoms with Gasteiger partial charge in [-0.3, -0.25) is 0 Å². The molecule has 0 atom stereocenters. The number of rotatable bonds is 0. The minimum Gasteiger partial charge on any atom is -0.166 e. The molecule has 1 heterocycles. The van der Waals surface area contributed by atoms with Gasteiger partial charge in [-0.25, -0.2) is 0 Å². The van der Waals surface area contributed by atoms with Crippen LogP contribution in [0.2, 0.25) is 0 Å². The number of benzene rings is 1. The number of hydrogen-bond donors (Lipinski definition) is 0. The lowest BCUT2D eigenvalue weighted by Crippen LogP contribution is -2.05. The third-order valence-electron chi connectivity index (χ3n) is 1.90. The van der Waals surface area contributed by atoms with Crippen LogP contribution in [-0.4, -0.2) is 10.2 Å². The molecule has 0 N–H and O–H groups in total. The first kappa shape index (κ1) is 8.93. The lowest BCUT2D eigenvalue weighted by molar-refractivity contribution is -0.136. The van der Waals surface area contributed by atoms with Gasteiger partial charge >= 0.3 is 6.18 Å². The highest BCUT2D eigenvalue weighted by molar-refractivity contribution is 5.84. The van der Waals surface area contributed by atoms with E-state index in [9.17, 15) is 13.2 Å². The van der Waals surface area contributed by atoms with Crippen molar-refractivity contribution < 1.29 is 13.2 Å². The van der Waals surface area contributed by atoms with E-state index >= 15 is 0 Å². The Hall–Kier alpha value is -1.65. The van der Waals surface area contributed by atoms with E-state index in [4.69, 9.17) is 0 Å². The van der Waals surface area contributed by atoms with E-state index < -0.39 is 11.7 Å². The molecule has 1 aromatic carbocycles. The van der Waals surface area contributed by atoms with E-state index in [1.807, 2.05) is 0 Å². The number of nitrogens with zero attached hydrogens (tertiary/aromatic N) is 2. The van der Waals surface area contributed by atoms with E-state index in [2.05, 4.69) is 10.2 Å². The van der Waals surface area contributed by atoms with E-state index in [1.165, 1.54) is 12.3 Å². The van der Waals surface area contributed by atoms with E-state index in [-0.39, 0.29) is 5.39 Å². The SMILES string of the molecule is FC(F)(F)c1cccc2cnncc12. The van der Waals surface area contributed by atoms with Crippen LogP contribution in [-0.2, 0) is 6.18 Å². The van der Waals surface area contributed by atoms with Gasteiger partial charge in [0, 0.05) is 10.8 Å². The first-order valence-corrected chi connectivity index (χ1v) is 3.85. The van der Waals surface area contributed by atoms with Crippen LogP contribution in [0.25, 0.3) is 10.8 Å². The van der Waals surface area contributed by atoms with Gasteiger partial charge in [0.25, 0.3) is 0 Å². The Kier molecular flexibility index (Phi) is 1.87. The van der Waals surface area contributed by atoms with Crippen LogP contribution < -0.4 is 0 Å². The van der Waals surface area contributed by atoms with Crippen molar-refractivity contribution in [3.63, 3.8) is 0 Å². The summed E-state index contributed by atoms with van der Waals surface area (Å²) in [5, 5.41) is 7.47. The largest absolute Gasteiger partial charge is 0.417 e. The van der Waals surface area contributed by atoms with Crippen LogP contribution in [0, 0.1) is 0 Å². The summed E-state index contributed by atoms with van der Waals surface area (Å²) in [5.74, 6) is 0. The maximum atomic E-state index is 12.5. The molecule has 0 saturated carbocycles. The molecule has 14 heavy (non-hydrogen) atoms. The highest BCUT2D eigenvalue weighted by Crippen LogP contribution is 2.33. The van der Waals surface area contributed by atoms with Gasteiger partial charge in [0.15, 0.2) is 0 Å². The fourth-order valence-corrected chi connectivity index (χ4v) is 1.27. The van der Waals surface area contributed by atoms with Crippen molar-refractivity contribution in [2.24, 2.45) is 0 Å². The van der Waals surface area contributed by atoms with Crippen LogP contribution in [0.4, 0.5) is 13.2 Å². The van der Waals surface area contributed by atoms with Crippen LogP contribution in [0.3, 0.4) is 0 Å². The molecule has 0 aliphatic heterocycles. The number of hydrogen-bond acceptors (Lipinski definition) is 2. The standard InChI is InChI=1S/C9H5F3N2/c10-9(11,12)8-3-1-2-6-4-13-14-5-7(6)8/h1-5H. The molecule has 0 radical (unpaired) electrons. The Labute approximate surface area is 77.4 Å². The Morgan fingerprint density at radius 2 is 1.71 bits per heavy atom. The Balaban J connectivity index is 2.78. The molecule has 0 aliphatic carbocycles. The molecule has 0 unspecified atom stereocenters. The average Bonchev–Trinajstić information content (AvgIpc) is 2.15. The second-order valence-corrected chi connectivity index (χ2v) is 2.80. The second kappa shape index (κ2) is 2.94. The molecular formula is C9H5F3N2. The molecule has 2 rings (SSSR count). The first-order valence-electron chi connectivity index (χ1n) is 3.85. The summed E-state index contributed by atoms with van der Waals surface area (Å²) in [6, 6.07) is 3.95. The summed E-state index contributed by atoms with van der Waals surface area (Å²) in [7, 11) is 0. The smallest absolute Gasteiger partial charge is 0.166 e. The highest BCUT2D eigenvalue weighted by atomic mass is 19.4. The maximum absolute atomic E-state index is 12.5. The van der Waals surface area contributed by atoms with E-state index in [1.54, 1.807) is 6.07 Å². The van der Waals surface area contributed by atoms with Gasteiger partial charge in [-0.15, -0.1) is 0 Å². The first-order chi connectivity index (χ1) is 6.59. The summed E-state index contributed by atoms with van der Waals surface area (Å²) in [5.41, 5.74) is -0.676. The van der Waals surface area contributed by atoms with Crippen molar-refractivity contribution in [1.29, 1.82) is 0 Å². The molecule has 5 heteroatoms. The lowest BCUT2D eigenvalue weighted by atomic mass is 10.1. The summed E-state index contributed by atoms with van der Waals surface area (Å²) in [4.78, 5) is 0. The average molecular weight is 198 g/mol. The Bertz CT molecular complexity index is 460. The predicted molar refractivity (Wildman–Crippen MR) is 44.5 cm³/mol. The third-order valence-corrected chi connectivity index (χ3v) is 1.90. The van der Waals surface area contributed by atoms with Crippen molar-refractivity contribution in [3.05, 3.63) is 36.2 Å². The number of halogens is 3. The van der Waals surface area contributed by atoms with Gasteiger partial charge in [-0.1, -0.05) is 12.1 Å². The van der Waals surface area contributed by atoms with Crippen molar-refractivity contribution in [2.75, 3.05) is 0 Å². The van der Waals surface area contributed by atoms with Crippen molar-refractivity contribution >= 4 is 10.8 Å². The molecule has 0 amide bonds. The third kappa shape index (κ3) is 1.41. The van der Waals surface area contributed by atoms with Gasteiger partial charge in [-0.2, -0.15) is 23.4 Å². The predicted octanol–water partition coefficient (Wildman–Crippen LogP) is 2.65. The Morgan fingerprint density at radius 1 is 1.00 bits per heavy atom. The van der Waals surface area contributed by atoms with Crippen LogP contribution in [0.1, 0.15) is 5.56 Å². The normalized spacial score (nSPS) is 11.9. The zero-order chi connectivity index (χ0) is 10.2. The highest BCUT2D eigenvalue weighted by Gasteiger charge is 2.32. The minimum atomic E-state index is -4.34. The number of fused-ring (bicyclic) bond motifs is 1. The molecule has 0 bridgehead atoms. The Morgan fingerprint density at radius 3 is 2.43 bits per heavy atom. The molecule has 2 aromatic rings. The quantitative estimate of drug-likeness (QED) is 0.650. The van der Waals surface area contributed by atoms with E-state index in [0.29, 0.717) is 5.39 Å². The van der Waals surface area contributed by atoms with Crippen molar-refractivity contribution in [1.82, 2.24) is 10.2 Å². The van der Waals surface area contributed by atoms with Gasteiger partial charge < -0.3 is 0 Å².